The Labute approximate surface area is 160 Å². The van der Waals surface area contributed by atoms with Crippen LogP contribution in [0.15, 0.2) is 23.1 Å². The van der Waals surface area contributed by atoms with Crippen molar-refractivity contribution in [2.75, 3.05) is 10.8 Å². The highest BCUT2D eigenvalue weighted by Gasteiger charge is 2.33. The highest BCUT2D eigenvalue weighted by molar-refractivity contribution is 7.93. The van der Waals surface area contributed by atoms with Crippen LogP contribution in [0.2, 0.25) is 0 Å². The largest absolute Gasteiger partial charge is 0.352 e. The monoisotopic (exact) mass is 390 g/mol. The minimum Gasteiger partial charge on any atom is -0.352 e. The Balaban J connectivity index is 2.08. The molecule has 1 saturated carbocycles. The molecule has 0 aliphatic heterocycles. The maximum Gasteiger partial charge on any atom is 0.268 e. The van der Waals surface area contributed by atoms with Crippen LogP contribution in [0.3, 0.4) is 0 Å². The number of carbonyl (C=O) groups excluding carboxylic acids is 1. The molecule has 1 aliphatic rings. The first-order valence-corrected chi connectivity index (χ1v) is 10.4. The summed E-state index contributed by atoms with van der Waals surface area (Å²) in [6, 6.07) is 5.72. The molecule has 1 aromatic heterocycles. The van der Waals surface area contributed by atoms with Crippen molar-refractivity contribution >= 4 is 21.6 Å². The molecule has 1 fully saturated rings. The third-order valence-electron chi connectivity index (χ3n) is 4.71. The number of sulfonamides is 1. The van der Waals surface area contributed by atoms with Gasteiger partial charge >= 0.3 is 0 Å². The maximum atomic E-state index is 13.5. The lowest BCUT2D eigenvalue weighted by Crippen LogP contribution is -2.42. The van der Waals surface area contributed by atoms with Gasteiger partial charge in [0.05, 0.1) is 17.1 Å². The number of anilines is 1. The molecule has 2 aromatic rings. The molecule has 7 nitrogen and oxygen atoms in total. The molecule has 1 amide bonds. The van der Waals surface area contributed by atoms with E-state index in [1.807, 2.05) is 19.9 Å². The number of amides is 1. The normalized spacial score (nSPS) is 14.3. The summed E-state index contributed by atoms with van der Waals surface area (Å²) in [4.78, 5) is 12.6. The molecule has 146 valence electrons. The van der Waals surface area contributed by atoms with Crippen LogP contribution in [-0.4, -0.2) is 36.7 Å². The number of nitrogens with one attached hydrogen (secondary N) is 1. The van der Waals surface area contributed by atoms with Crippen LogP contribution in [0.25, 0.3) is 0 Å². The van der Waals surface area contributed by atoms with Crippen LogP contribution in [0, 0.1) is 27.7 Å². The van der Waals surface area contributed by atoms with Gasteiger partial charge in [0.2, 0.25) is 5.91 Å². The predicted molar refractivity (Wildman–Crippen MR) is 104 cm³/mol. The molecule has 1 aliphatic carbocycles. The number of carbonyl (C=O) groups is 1. The van der Waals surface area contributed by atoms with E-state index >= 15 is 0 Å². The summed E-state index contributed by atoms with van der Waals surface area (Å²) >= 11 is 0. The van der Waals surface area contributed by atoms with Crippen LogP contribution in [0.1, 0.15) is 35.4 Å². The second kappa shape index (κ2) is 6.99. The fourth-order valence-corrected chi connectivity index (χ4v) is 5.09. The van der Waals surface area contributed by atoms with Gasteiger partial charge in [-0.15, -0.1) is 0 Å². The average Bonchev–Trinajstić information content (AvgIpc) is 3.30. The third-order valence-corrected chi connectivity index (χ3v) is 6.74. The molecule has 0 spiro atoms. The Morgan fingerprint density at radius 1 is 1.19 bits per heavy atom. The van der Waals surface area contributed by atoms with Crippen molar-refractivity contribution in [1.29, 1.82) is 0 Å². The minimum absolute atomic E-state index is 0.156. The Bertz CT molecular complexity index is 970. The summed E-state index contributed by atoms with van der Waals surface area (Å²) < 4.78 is 29.8. The maximum absolute atomic E-state index is 13.5. The molecule has 27 heavy (non-hydrogen) atoms. The van der Waals surface area contributed by atoms with E-state index in [4.69, 9.17) is 0 Å². The Morgan fingerprint density at radius 3 is 2.26 bits per heavy atom. The van der Waals surface area contributed by atoms with E-state index in [2.05, 4.69) is 10.4 Å². The van der Waals surface area contributed by atoms with E-state index in [9.17, 15) is 13.2 Å². The summed E-state index contributed by atoms with van der Waals surface area (Å²) in [7, 11) is -2.24. The van der Waals surface area contributed by atoms with Crippen LogP contribution < -0.4 is 9.62 Å². The zero-order valence-corrected chi connectivity index (χ0v) is 17.2. The molecule has 1 aromatic carbocycles. The molecule has 0 saturated heterocycles. The number of aromatic nitrogens is 2. The zero-order chi connectivity index (χ0) is 19.9. The zero-order valence-electron chi connectivity index (χ0n) is 16.4. The second-order valence-electron chi connectivity index (χ2n) is 7.32. The fraction of sp³-hybridized carbons (Fsp3) is 0.474. The molecule has 0 unspecified atom stereocenters. The van der Waals surface area contributed by atoms with E-state index in [-0.39, 0.29) is 23.4 Å². The van der Waals surface area contributed by atoms with Gasteiger partial charge < -0.3 is 5.32 Å². The second-order valence-corrected chi connectivity index (χ2v) is 9.12. The van der Waals surface area contributed by atoms with Gasteiger partial charge in [0, 0.05) is 13.1 Å². The van der Waals surface area contributed by atoms with Crippen molar-refractivity contribution in [1.82, 2.24) is 15.1 Å². The standard InChI is InChI=1S/C19H26N4O3S/c1-12-8-13(2)10-17(9-12)23(11-18(24)20-16-6-7-16)27(25,26)19-14(3)21-22(5)15(19)4/h8-10,16H,6-7,11H2,1-5H3,(H,20,24). The molecule has 1 heterocycles. The highest BCUT2D eigenvalue weighted by Crippen LogP contribution is 2.29. The summed E-state index contributed by atoms with van der Waals surface area (Å²) in [6.45, 7) is 6.95. The van der Waals surface area contributed by atoms with Crippen LogP contribution in [-0.2, 0) is 21.9 Å². The average molecular weight is 391 g/mol. The van der Waals surface area contributed by atoms with Gasteiger partial charge in [-0.2, -0.15) is 5.10 Å². The number of aryl methyl sites for hydroxylation is 4. The van der Waals surface area contributed by atoms with E-state index in [1.54, 1.807) is 37.7 Å². The van der Waals surface area contributed by atoms with Gasteiger partial charge in [0.15, 0.2) is 0 Å². The number of benzene rings is 1. The molecule has 0 bridgehead atoms. The Morgan fingerprint density at radius 2 is 1.78 bits per heavy atom. The first kappa shape index (κ1) is 19.4. The van der Waals surface area contributed by atoms with Gasteiger partial charge in [-0.1, -0.05) is 6.07 Å². The van der Waals surface area contributed by atoms with Crippen molar-refractivity contribution in [3.8, 4) is 0 Å². The van der Waals surface area contributed by atoms with Gasteiger partial charge in [0.25, 0.3) is 10.0 Å². The number of hydrogen-bond acceptors (Lipinski definition) is 4. The van der Waals surface area contributed by atoms with Crippen LogP contribution >= 0.6 is 0 Å². The molecule has 3 rings (SSSR count). The number of rotatable bonds is 6. The van der Waals surface area contributed by atoms with Crippen molar-refractivity contribution in [2.24, 2.45) is 7.05 Å². The van der Waals surface area contributed by atoms with E-state index in [0.29, 0.717) is 17.1 Å². The predicted octanol–water partition coefficient (Wildman–Crippen LogP) is 2.13. The Kier molecular flexibility index (Phi) is 5.03. The van der Waals surface area contributed by atoms with Gasteiger partial charge in [0.1, 0.15) is 11.4 Å². The summed E-state index contributed by atoms with van der Waals surface area (Å²) in [5.41, 5.74) is 3.33. The fourth-order valence-electron chi connectivity index (χ4n) is 3.28. The van der Waals surface area contributed by atoms with E-state index in [0.717, 1.165) is 24.0 Å². The van der Waals surface area contributed by atoms with Crippen molar-refractivity contribution in [3.63, 3.8) is 0 Å². The van der Waals surface area contributed by atoms with Gasteiger partial charge in [-0.25, -0.2) is 8.42 Å². The summed E-state index contributed by atoms with van der Waals surface area (Å²) in [5.74, 6) is -0.292. The first-order valence-electron chi connectivity index (χ1n) is 9.00. The summed E-state index contributed by atoms with van der Waals surface area (Å²) in [6.07, 6.45) is 1.89. The molecular formula is C19H26N4O3S. The lowest BCUT2D eigenvalue weighted by molar-refractivity contribution is -0.119. The van der Waals surface area contributed by atoms with E-state index in [1.165, 1.54) is 4.31 Å². The van der Waals surface area contributed by atoms with E-state index < -0.39 is 10.0 Å². The number of nitrogens with zero attached hydrogens (tertiary/aromatic N) is 3. The quantitative estimate of drug-likeness (QED) is 0.819. The lowest BCUT2D eigenvalue weighted by atomic mass is 10.1. The SMILES string of the molecule is Cc1cc(C)cc(N(CC(=O)NC2CC2)S(=O)(=O)c2c(C)nn(C)c2C)c1. The van der Waals surface area contributed by atoms with Crippen molar-refractivity contribution in [3.05, 3.63) is 40.7 Å². The number of hydrogen-bond donors (Lipinski definition) is 1. The van der Waals surface area contributed by atoms with Crippen LogP contribution in [0.5, 0.6) is 0 Å². The smallest absolute Gasteiger partial charge is 0.268 e. The molecule has 0 radical (unpaired) electrons. The molecule has 8 heteroatoms. The van der Waals surface area contributed by atoms with Crippen molar-refractivity contribution in [2.45, 2.75) is 51.5 Å². The van der Waals surface area contributed by atoms with Gasteiger partial charge in [-0.3, -0.25) is 13.8 Å². The van der Waals surface area contributed by atoms with Crippen LogP contribution in [0.4, 0.5) is 5.69 Å². The minimum atomic E-state index is -3.95. The molecule has 1 N–H and O–H groups in total. The van der Waals surface area contributed by atoms with Crippen molar-refractivity contribution < 1.29 is 13.2 Å². The highest BCUT2D eigenvalue weighted by atomic mass is 32.2. The molecule has 0 atom stereocenters. The van der Waals surface area contributed by atoms with Gasteiger partial charge in [-0.05, 0) is 63.8 Å². The first-order chi connectivity index (χ1) is 12.6. The molecular weight excluding hydrogens is 364 g/mol. The third kappa shape index (κ3) is 4.00. The Hall–Kier alpha value is -2.35. The topological polar surface area (TPSA) is 84.3 Å². The lowest BCUT2D eigenvalue weighted by Gasteiger charge is -2.25. The summed E-state index contributed by atoms with van der Waals surface area (Å²) in [5, 5.41) is 7.11.